The summed E-state index contributed by atoms with van der Waals surface area (Å²) in [5.74, 6) is 0.316. The number of hydrogen-bond donors (Lipinski definition) is 3. The maximum atomic E-state index is 11.3. The van der Waals surface area contributed by atoms with Gasteiger partial charge in [-0.1, -0.05) is 29.8 Å². The molecule has 6 heteroatoms. The van der Waals surface area contributed by atoms with E-state index in [4.69, 9.17) is 17.3 Å². The Balaban J connectivity index is 2.38. The van der Waals surface area contributed by atoms with E-state index in [0.717, 1.165) is 11.3 Å². The zero-order chi connectivity index (χ0) is 12.3. The summed E-state index contributed by atoms with van der Waals surface area (Å²) in [6.45, 7) is 0.393. The molecule has 1 aromatic heterocycles. The zero-order valence-electron chi connectivity index (χ0n) is 8.90. The highest BCUT2D eigenvalue weighted by molar-refractivity contribution is 6.32. The topological polar surface area (TPSA) is 83.8 Å². The SMILES string of the molecule is NCc1ccccc1Nc1nc[nH]c(=O)c1Cl. The van der Waals surface area contributed by atoms with Gasteiger partial charge >= 0.3 is 0 Å². The van der Waals surface area contributed by atoms with E-state index in [2.05, 4.69) is 15.3 Å². The Hall–Kier alpha value is -1.85. The summed E-state index contributed by atoms with van der Waals surface area (Å²) < 4.78 is 0. The Morgan fingerprint density at radius 3 is 2.94 bits per heavy atom. The summed E-state index contributed by atoms with van der Waals surface area (Å²) in [5, 5.41) is 3.02. The summed E-state index contributed by atoms with van der Waals surface area (Å²) >= 11 is 5.84. The van der Waals surface area contributed by atoms with E-state index in [0.29, 0.717) is 12.4 Å². The van der Waals surface area contributed by atoms with Gasteiger partial charge in [0.2, 0.25) is 0 Å². The Kier molecular flexibility index (Phi) is 3.41. The van der Waals surface area contributed by atoms with Gasteiger partial charge in [0.1, 0.15) is 5.02 Å². The summed E-state index contributed by atoms with van der Waals surface area (Å²) in [6, 6.07) is 7.49. The molecule has 0 aliphatic heterocycles. The molecule has 1 aromatic carbocycles. The largest absolute Gasteiger partial charge is 0.338 e. The number of aromatic nitrogens is 2. The number of para-hydroxylation sites is 1. The van der Waals surface area contributed by atoms with Crippen molar-refractivity contribution in [2.45, 2.75) is 6.54 Å². The lowest BCUT2D eigenvalue weighted by Gasteiger charge is -2.10. The molecule has 5 nitrogen and oxygen atoms in total. The number of aromatic amines is 1. The van der Waals surface area contributed by atoms with Crippen LogP contribution in [-0.4, -0.2) is 9.97 Å². The number of anilines is 2. The molecule has 0 unspecified atom stereocenters. The van der Waals surface area contributed by atoms with Crippen LogP contribution in [0.5, 0.6) is 0 Å². The Bertz CT molecular complexity index is 582. The van der Waals surface area contributed by atoms with E-state index in [1.54, 1.807) is 0 Å². The van der Waals surface area contributed by atoms with Crippen LogP contribution in [0.1, 0.15) is 5.56 Å². The van der Waals surface area contributed by atoms with E-state index < -0.39 is 0 Å². The highest BCUT2D eigenvalue weighted by Gasteiger charge is 2.07. The lowest BCUT2D eigenvalue weighted by molar-refractivity contribution is 1.07. The van der Waals surface area contributed by atoms with Crippen LogP contribution in [0, 0.1) is 0 Å². The molecule has 2 aromatic rings. The maximum Gasteiger partial charge on any atom is 0.271 e. The molecule has 0 amide bonds. The Morgan fingerprint density at radius 2 is 2.18 bits per heavy atom. The molecule has 0 aliphatic carbocycles. The molecular formula is C11H11ClN4O. The fourth-order valence-corrected chi connectivity index (χ4v) is 1.57. The molecule has 0 saturated heterocycles. The van der Waals surface area contributed by atoms with Crippen molar-refractivity contribution >= 4 is 23.1 Å². The number of benzene rings is 1. The summed E-state index contributed by atoms with van der Waals surface area (Å²) in [7, 11) is 0. The van der Waals surface area contributed by atoms with E-state index in [1.165, 1.54) is 6.33 Å². The molecule has 88 valence electrons. The van der Waals surface area contributed by atoms with Crippen LogP contribution in [0.4, 0.5) is 11.5 Å². The van der Waals surface area contributed by atoms with Gasteiger partial charge in [0.05, 0.1) is 6.33 Å². The first-order valence-corrected chi connectivity index (χ1v) is 5.38. The van der Waals surface area contributed by atoms with E-state index >= 15 is 0 Å². The third kappa shape index (κ3) is 2.46. The van der Waals surface area contributed by atoms with Gasteiger partial charge in [0.25, 0.3) is 5.56 Å². The van der Waals surface area contributed by atoms with Crippen LogP contribution < -0.4 is 16.6 Å². The minimum Gasteiger partial charge on any atom is -0.338 e. The Labute approximate surface area is 103 Å². The minimum absolute atomic E-state index is 0.0272. The van der Waals surface area contributed by atoms with Crippen LogP contribution in [-0.2, 0) is 6.54 Å². The fraction of sp³-hybridized carbons (Fsp3) is 0.0909. The van der Waals surface area contributed by atoms with E-state index in [9.17, 15) is 4.79 Å². The number of rotatable bonds is 3. The summed E-state index contributed by atoms with van der Waals surface area (Å²) in [6.07, 6.45) is 1.29. The van der Waals surface area contributed by atoms with Gasteiger partial charge in [0.15, 0.2) is 5.82 Å². The van der Waals surface area contributed by atoms with Crippen molar-refractivity contribution in [3.63, 3.8) is 0 Å². The van der Waals surface area contributed by atoms with Crippen molar-refractivity contribution in [2.24, 2.45) is 5.73 Å². The van der Waals surface area contributed by atoms with Gasteiger partial charge in [-0.3, -0.25) is 4.79 Å². The average Bonchev–Trinajstić information content (AvgIpc) is 2.35. The molecule has 0 bridgehead atoms. The molecule has 0 radical (unpaired) electrons. The minimum atomic E-state index is -0.380. The standard InChI is InChI=1S/C11H11ClN4O/c12-9-10(14-6-15-11(9)17)16-8-4-2-1-3-7(8)5-13/h1-4,6H,5,13H2,(H2,14,15,16,17). The van der Waals surface area contributed by atoms with Gasteiger partial charge in [0, 0.05) is 12.2 Å². The lowest BCUT2D eigenvalue weighted by Crippen LogP contribution is -2.10. The number of H-pyrrole nitrogens is 1. The molecule has 17 heavy (non-hydrogen) atoms. The molecule has 0 saturated carbocycles. The molecule has 4 N–H and O–H groups in total. The van der Waals surface area contributed by atoms with Crippen molar-refractivity contribution in [3.05, 3.63) is 51.5 Å². The van der Waals surface area contributed by atoms with Crippen molar-refractivity contribution in [2.75, 3.05) is 5.32 Å². The average molecular weight is 251 g/mol. The first-order chi connectivity index (χ1) is 8.22. The summed E-state index contributed by atoms with van der Waals surface area (Å²) in [5.41, 5.74) is 6.94. The number of halogens is 1. The number of hydrogen-bond acceptors (Lipinski definition) is 4. The van der Waals surface area contributed by atoms with E-state index in [1.807, 2.05) is 24.3 Å². The lowest BCUT2D eigenvalue weighted by atomic mass is 10.2. The summed E-state index contributed by atoms with van der Waals surface area (Å²) in [4.78, 5) is 17.7. The molecule has 0 aliphatic rings. The molecule has 0 spiro atoms. The number of nitrogens with zero attached hydrogens (tertiary/aromatic N) is 1. The smallest absolute Gasteiger partial charge is 0.271 e. The second-order valence-electron chi connectivity index (χ2n) is 3.38. The van der Waals surface area contributed by atoms with Crippen LogP contribution in [0.15, 0.2) is 35.4 Å². The van der Waals surface area contributed by atoms with Gasteiger partial charge < -0.3 is 16.0 Å². The number of nitrogens with one attached hydrogen (secondary N) is 2. The predicted octanol–water partition coefficient (Wildman–Crippen LogP) is 1.63. The molecule has 0 fully saturated rings. The first-order valence-electron chi connectivity index (χ1n) is 5.00. The third-order valence-electron chi connectivity index (χ3n) is 2.29. The van der Waals surface area contributed by atoms with E-state index in [-0.39, 0.29) is 10.6 Å². The van der Waals surface area contributed by atoms with Crippen molar-refractivity contribution in [1.82, 2.24) is 9.97 Å². The Morgan fingerprint density at radius 1 is 1.41 bits per heavy atom. The van der Waals surface area contributed by atoms with Crippen molar-refractivity contribution < 1.29 is 0 Å². The second-order valence-corrected chi connectivity index (χ2v) is 3.76. The highest BCUT2D eigenvalue weighted by Crippen LogP contribution is 2.22. The normalized spacial score (nSPS) is 10.2. The van der Waals surface area contributed by atoms with Crippen molar-refractivity contribution in [3.8, 4) is 0 Å². The second kappa shape index (κ2) is 4.99. The van der Waals surface area contributed by atoms with Crippen LogP contribution in [0.2, 0.25) is 5.02 Å². The highest BCUT2D eigenvalue weighted by atomic mass is 35.5. The van der Waals surface area contributed by atoms with Crippen molar-refractivity contribution in [1.29, 1.82) is 0 Å². The third-order valence-corrected chi connectivity index (χ3v) is 2.64. The van der Waals surface area contributed by atoms with Crippen LogP contribution in [0.3, 0.4) is 0 Å². The molecular weight excluding hydrogens is 240 g/mol. The maximum absolute atomic E-state index is 11.3. The van der Waals surface area contributed by atoms with Gasteiger partial charge in [-0.05, 0) is 11.6 Å². The fourth-order valence-electron chi connectivity index (χ4n) is 1.42. The van der Waals surface area contributed by atoms with Gasteiger partial charge in [-0.15, -0.1) is 0 Å². The van der Waals surface area contributed by atoms with Gasteiger partial charge in [-0.2, -0.15) is 0 Å². The number of nitrogens with two attached hydrogens (primary N) is 1. The molecule has 1 heterocycles. The van der Waals surface area contributed by atoms with Crippen LogP contribution >= 0.6 is 11.6 Å². The van der Waals surface area contributed by atoms with Crippen LogP contribution in [0.25, 0.3) is 0 Å². The quantitative estimate of drug-likeness (QED) is 0.773. The predicted molar refractivity (Wildman–Crippen MR) is 67.5 cm³/mol. The van der Waals surface area contributed by atoms with Gasteiger partial charge in [-0.25, -0.2) is 4.98 Å². The zero-order valence-corrected chi connectivity index (χ0v) is 9.66. The monoisotopic (exact) mass is 250 g/mol. The molecule has 0 atom stereocenters. The first kappa shape index (κ1) is 11.6. The molecule has 2 rings (SSSR count).